The lowest BCUT2D eigenvalue weighted by atomic mass is 10.2. The molecule has 1 rings (SSSR count). The van der Waals surface area contributed by atoms with E-state index in [1.165, 1.54) is 0 Å². The van der Waals surface area contributed by atoms with Gasteiger partial charge in [-0.15, -0.1) is 0 Å². The van der Waals surface area contributed by atoms with Crippen molar-refractivity contribution in [2.45, 2.75) is 13.8 Å². The fraction of sp³-hybridized carbons (Fsp3) is 0.364. The molecule has 0 saturated heterocycles. The van der Waals surface area contributed by atoms with Crippen molar-refractivity contribution >= 4 is 27.5 Å². The highest BCUT2D eigenvalue weighted by Gasteiger charge is 2.09. The Hall–Kier alpha value is -1.03. The molecule has 0 aliphatic carbocycles. The van der Waals surface area contributed by atoms with Crippen molar-refractivity contribution in [2.75, 3.05) is 12.4 Å². The third kappa shape index (κ3) is 3.23. The van der Waals surface area contributed by atoms with Gasteiger partial charge in [-0.2, -0.15) is 0 Å². The number of anilines is 1. The first-order valence-electron chi connectivity index (χ1n) is 4.69. The van der Waals surface area contributed by atoms with Gasteiger partial charge in [-0.05, 0) is 34.1 Å². The molecule has 0 aliphatic rings. The van der Waals surface area contributed by atoms with Crippen molar-refractivity contribution in [3.63, 3.8) is 0 Å². The Bertz CT molecular complexity index is 364. The van der Waals surface area contributed by atoms with E-state index in [9.17, 15) is 4.79 Å². The molecular weight excluding hydrogens is 258 g/mol. The molecule has 0 aromatic heterocycles. The van der Waals surface area contributed by atoms with Gasteiger partial charge in [-0.1, -0.05) is 13.8 Å². The number of hydrogen-bond acceptors (Lipinski definition) is 2. The normalized spacial score (nSPS) is 10.2. The zero-order chi connectivity index (χ0) is 11.4. The van der Waals surface area contributed by atoms with Crippen molar-refractivity contribution in [1.82, 2.24) is 0 Å². The Labute approximate surface area is 97.9 Å². The third-order valence-corrected chi connectivity index (χ3v) is 2.61. The van der Waals surface area contributed by atoms with Crippen molar-refractivity contribution in [2.24, 2.45) is 5.92 Å². The van der Waals surface area contributed by atoms with E-state index in [-0.39, 0.29) is 11.8 Å². The van der Waals surface area contributed by atoms with E-state index in [4.69, 9.17) is 4.74 Å². The predicted molar refractivity (Wildman–Crippen MR) is 64.2 cm³/mol. The Balaban J connectivity index is 2.83. The number of methoxy groups -OCH3 is 1. The average Bonchev–Trinajstić information content (AvgIpc) is 2.20. The minimum Gasteiger partial charge on any atom is -0.497 e. The van der Waals surface area contributed by atoms with Gasteiger partial charge in [0.15, 0.2) is 0 Å². The second-order valence-electron chi connectivity index (χ2n) is 3.49. The van der Waals surface area contributed by atoms with Crippen molar-refractivity contribution in [1.29, 1.82) is 0 Å². The number of hydrogen-bond donors (Lipinski definition) is 1. The van der Waals surface area contributed by atoms with Gasteiger partial charge in [-0.3, -0.25) is 4.79 Å². The Morgan fingerprint density at radius 3 is 2.60 bits per heavy atom. The number of rotatable bonds is 3. The molecule has 1 aromatic rings. The lowest BCUT2D eigenvalue weighted by molar-refractivity contribution is -0.118. The highest BCUT2D eigenvalue weighted by atomic mass is 79.9. The number of ether oxygens (including phenoxy) is 1. The summed E-state index contributed by atoms with van der Waals surface area (Å²) in [6.45, 7) is 3.71. The predicted octanol–water partition coefficient (Wildman–Crippen LogP) is 3.05. The molecular formula is C11H14BrNO2. The van der Waals surface area contributed by atoms with Gasteiger partial charge in [-0.25, -0.2) is 0 Å². The van der Waals surface area contributed by atoms with Crippen LogP contribution < -0.4 is 10.1 Å². The molecule has 0 heterocycles. The second kappa shape index (κ2) is 5.16. The van der Waals surface area contributed by atoms with Crippen LogP contribution in [0, 0.1) is 5.92 Å². The smallest absolute Gasteiger partial charge is 0.226 e. The number of carbonyl (C=O) groups excluding carboxylic acids is 1. The molecule has 0 aliphatic heterocycles. The standard InChI is InChI=1S/C11H14BrNO2/c1-7(2)11(14)13-10-5-4-8(15-3)6-9(10)12/h4-7H,1-3H3,(H,13,14). The molecule has 0 radical (unpaired) electrons. The number of nitrogens with one attached hydrogen (secondary N) is 1. The summed E-state index contributed by atoms with van der Waals surface area (Å²) in [4.78, 5) is 11.5. The summed E-state index contributed by atoms with van der Waals surface area (Å²) in [5, 5.41) is 2.82. The topological polar surface area (TPSA) is 38.3 Å². The Morgan fingerprint density at radius 1 is 1.47 bits per heavy atom. The van der Waals surface area contributed by atoms with Crippen molar-refractivity contribution < 1.29 is 9.53 Å². The Kier molecular flexibility index (Phi) is 4.15. The van der Waals surface area contributed by atoms with Gasteiger partial charge in [0.1, 0.15) is 5.75 Å². The first-order valence-corrected chi connectivity index (χ1v) is 5.48. The van der Waals surface area contributed by atoms with Crippen LogP contribution in [0.2, 0.25) is 0 Å². The van der Waals surface area contributed by atoms with Crippen LogP contribution in [0.3, 0.4) is 0 Å². The van der Waals surface area contributed by atoms with Crippen LogP contribution in [0.1, 0.15) is 13.8 Å². The van der Waals surface area contributed by atoms with E-state index in [0.717, 1.165) is 15.9 Å². The highest BCUT2D eigenvalue weighted by molar-refractivity contribution is 9.10. The number of amides is 1. The third-order valence-electron chi connectivity index (χ3n) is 1.96. The maximum Gasteiger partial charge on any atom is 0.226 e. The lowest BCUT2D eigenvalue weighted by Gasteiger charge is -2.10. The summed E-state index contributed by atoms with van der Waals surface area (Å²) in [6.07, 6.45) is 0. The van der Waals surface area contributed by atoms with E-state index < -0.39 is 0 Å². The molecule has 4 heteroatoms. The average molecular weight is 272 g/mol. The molecule has 1 amide bonds. The quantitative estimate of drug-likeness (QED) is 0.918. The van der Waals surface area contributed by atoms with Crippen LogP contribution >= 0.6 is 15.9 Å². The number of benzene rings is 1. The molecule has 0 bridgehead atoms. The maximum absolute atomic E-state index is 11.5. The molecule has 1 N–H and O–H groups in total. The Morgan fingerprint density at radius 2 is 2.13 bits per heavy atom. The van der Waals surface area contributed by atoms with Crippen LogP contribution in [-0.2, 0) is 4.79 Å². The SMILES string of the molecule is COc1ccc(NC(=O)C(C)C)c(Br)c1. The van der Waals surface area contributed by atoms with Crippen molar-refractivity contribution in [3.8, 4) is 5.75 Å². The van der Waals surface area contributed by atoms with E-state index in [0.29, 0.717) is 0 Å². The minimum absolute atomic E-state index is 0.000803. The summed E-state index contributed by atoms with van der Waals surface area (Å²) < 4.78 is 5.88. The molecule has 0 spiro atoms. The summed E-state index contributed by atoms with van der Waals surface area (Å²) in [6, 6.07) is 5.43. The van der Waals surface area contributed by atoms with Gasteiger partial charge in [0.2, 0.25) is 5.91 Å². The van der Waals surface area contributed by atoms with Gasteiger partial charge < -0.3 is 10.1 Å². The summed E-state index contributed by atoms with van der Waals surface area (Å²) in [5.74, 6) is 0.726. The summed E-state index contributed by atoms with van der Waals surface area (Å²) in [7, 11) is 1.61. The first-order chi connectivity index (χ1) is 7.04. The van der Waals surface area contributed by atoms with Crippen LogP contribution in [-0.4, -0.2) is 13.0 Å². The monoisotopic (exact) mass is 271 g/mol. The molecule has 0 saturated carbocycles. The fourth-order valence-corrected chi connectivity index (χ4v) is 1.46. The van der Waals surface area contributed by atoms with Gasteiger partial charge >= 0.3 is 0 Å². The zero-order valence-electron chi connectivity index (χ0n) is 9.00. The largest absolute Gasteiger partial charge is 0.497 e. The van der Waals surface area contributed by atoms with E-state index >= 15 is 0 Å². The zero-order valence-corrected chi connectivity index (χ0v) is 10.6. The highest BCUT2D eigenvalue weighted by Crippen LogP contribution is 2.27. The number of halogens is 1. The first kappa shape index (κ1) is 12.0. The molecule has 3 nitrogen and oxygen atoms in total. The van der Waals surface area contributed by atoms with Crippen LogP contribution in [0.15, 0.2) is 22.7 Å². The van der Waals surface area contributed by atoms with Crippen LogP contribution in [0.25, 0.3) is 0 Å². The molecule has 0 fully saturated rings. The second-order valence-corrected chi connectivity index (χ2v) is 4.34. The minimum atomic E-state index is -0.0287. The maximum atomic E-state index is 11.5. The summed E-state index contributed by atoms with van der Waals surface area (Å²) in [5.41, 5.74) is 0.759. The lowest BCUT2D eigenvalue weighted by Crippen LogP contribution is -2.17. The van der Waals surface area contributed by atoms with E-state index in [1.54, 1.807) is 13.2 Å². The molecule has 82 valence electrons. The van der Waals surface area contributed by atoms with E-state index in [1.807, 2.05) is 26.0 Å². The molecule has 1 aromatic carbocycles. The van der Waals surface area contributed by atoms with Gasteiger partial charge in [0.25, 0.3) is 0 Å². The van der Waals surface area contributed by atoms with Crippen LogP contribution in [0.4, 0.5) is 5.69 Å². The van der Waals surface area contributed by atoms with E-state index in [2.05, 4.69) is 21.2 Å². The molecule has 0 unspecified atom stereocenters. The fourth-order valence-electron chi connectivity index (χ4n) is 1.00. The molecule has 15 heavy (non-hydrogen) atoms. The van der Waals surface area contributed by atoms with Crippen LogP contribution in [0.5, 0.6) is 5.75 Å². The number of carbonyl (C=O) groups is 1. The van der Waals surface area contributed by atoms with Gasteiger partial charge in [0, 0.05) is 10.4 Å². The van der Waals surface area contributed by atoms with Gasteiger partial charge in [0.05, 0.1) is 12.8 Å². The summed E-state index contributed by atoms with van der Waals surface area (Å²) >= 11 is 3.37. The van der Waals surface area contributed by atoms with Crippen molar-refractivity contribution in [3.05, 3.63) is 22.7 Å². The molecule has 0 atom stereocenters.